The van der Waals surface area contributed by atoms with Crippen LogP contribution in [0.3, 0.4) is 0 Å². The van der Waals surface area contributed by atoms with Crippen LogP contribution in [0.15, 0.2) is 0 Å². The van der Waals surface area contributed by atoms with Crippen LogP contribution >= 0.6 is 0 Å². The Bertz CT molecular complexity index is 155. The Hall–Kier alpha value is -0.610. The summed E-state index contributed by atoms with van der Waals surface area (Å²) in [6.45, 7) is 4.97. The molecule has 0 aliphatic carbocycles. The predicted octanol–water partition coefficient (Wildman–Crippen LogP) is -0.953. The molecule has 2 N–H and O–H groups in total. The van der Waals surface area contributed by atoms with Crippen molar-refractivity contribution in [3.8, 4) is 0 Å². The molecule has 0 aromatic heterocycles. The fraction of sp³-hybridized carbons (Fsp3) is 0.875. The predicted molar refractivity (Wildman–Crippen MR) is 45.7 cm³/mol. The van der Waals surface area contributed by atoms with Crippen molar-refractivity contribution in [1.82, 2.24) is 10.2 Å². The highest BCUT2D eigenvalue weighted by Gasteiger charge is 2.20. The number of amides is 1. The zero-order valence-corrected chi connectivity index (χ0v) is 7.42. The lowest BCUT2D eigenvalue weighted by Gasteiger charge is -2.29. The van der Waals surface area contributed by atoms with Gasteiger partial charge in [-0.05, 0) is 0 Å². The van der Waals surface area contributed by atoms with Gasteiger partial charge in [0.2, 0.25) is 5.91 Å². The molecular weight excluding hydrogens is 156 g/mol. The highest BCUT2D eigenvalue weighted by Crippen LogP contribution is 2.02. The van der Waals surface area contributed by atoms with E-state index >= 15 is 0 Å². The summed E-state index contributed by atoms with van der Waals surface area (Å²) in [6.07, 6.45) is 0. The SMILES string of the molecule is CC(CO)C(=O)N1CCNCC1. The number of nitrogens with zero attached hydrogens (tertiary/aromatic N) is 1. The summed E-state index contributed by atoms with van der Waals surface area (Å²) in [6, 6.07) is 0. The summed E-state index contributed by atoms with van der Waals surface area (Å²) in [4.78, 5) is 13.3. The van der Waals surface area contributed by atoms with Crippen LogP contribution in [-0.2, 0) is 4.79 Å². The number of aliphatic hydroxyl groups is 1. The van der Waals surface area contributed by atoms with Crippen LogP contribution in [0, 0.1) is 5.92 Å². The van der Waals surface area contributed by atoms with Gasteiger partial charge in [-0.1, -0.05) is 6.92 Å². The van der Waals surface area contributed by atoms with Gasteiger partial charge in [-0.15, -0.1) is 0 Å². The summed E-state index contributed by atoms with van der Waals surface area (Å²) in [5.41, 5.74) is 0. The molecule has 4 nitrogen and oxygen atoms in total. The van der Waals surface area contributed by atoms with E-state index in [9.17, 15) is 4.79 Å². The van der Waals surface area contributed by atoms with Crippen molar-refractivity contribution in [2.24, 2.45) is 5.92 Å². The second-order valence-electron chi connectivity index (χ2n) is 3.16. The molecule has 1 fully saturated rings. The maximum Gasteiger partial charge on any atom is 0.227 e. The Labute approximate surface area is 72.6 Å². The second-order valence-corrected chi connectivity index (χ2v) is 3.16. The van der Waals surface area contributed by atoms with E-state index in [0.29, 0.717) is 0 Å². The molecule has 70 valence electrons. The minimum atomic E-state index is -0.247. The highest BCUT2D eigenvalue weighted by molar-refractivity contribution is 5.78. The van der Waals surface area contributed by atoms with Gasteiger partial charge in [0, 0.05) is 26.2 Å². The van der Waals surface area contributed by atoms with Crippen LogP contribution in [0.2, 0.25) is 0 Å². The maximum absolute atomic E-state index is 11.5. The van der Waals surface area contributed by atoms with E-state index in [-0.39, 0.29) is 18.4 Å². The number of carbonyl (C=O) groups excluding carboxylic acids is 1. The van der Waals surface area contributed by atoms with Crippen molar-refractivity contribution in [3.63, 3.8) is 0 Å². The lowest BCUT2D eigenvalue weighted by molar-refractivity contribution is -0.136. The van der Waals surface area contributed by atoms with E-state index in [1.54, 1.807) is 11.8 Å². The van der Waals surface area contributed by atoms with E-state index in [1.165, 1.54) is 0 Å². The van der Waals surface area contributed by atoms with Gasteiger partial charge in [0.25, 0.3) is 0 Å². The summed E-state index contributed by atoms with van der Waals surface area (Å²) >= 11 is 0. The Kier molecular flexibility index (Phi) is 3.49. The van der Waals surface area contributed by atoms with Gasteiger partial charge in [0.15, 0.2) is 0 Å². The summed E-state index contributed by atoms with van der Waals surface area (Å²) in [5, 5.41) is 11.9. The van der Waals surface area contributed by atoms with E-state index in [1.807, 2.05) is 0 Å². The van der Waals surface area contributed by atoms with Gasteiger partial charge in [0.1, 0.15) is 0 Å². The lowest BCUT2D eigenvalue weighted by atomic mass is 10.1. The summed E-state index contributed by atoms with van der Waals surface area (Å²) in [7, 11) is 0. The van der Waals surface area contributed by atoms with Gasteiger partial charge in [0.05, 0.1) is 12.5 Å². The van der Waals surface area contributed by atoms with Crippen LogP contribution in [-0.4, -0.2) is 48.7 Å². The molecule has 1 heterocycles. The lowest BCUT2D eigenvalue weighted by Crippen LogP contribution is -2.48. The molecule has 0 aromatic carbocycles. The number of piperazine rings is 1. The van der Waals surface area contributed by atoms with Crippen molar-refractivity contribution in [1.29, 1.82) is 0 Å². The van der Waals surface area contributed by atoms with E-state index < -0.39 is 0 Å². The third-order valence-electron chi connectivity index (χ3n) is 2.12. The van der Waals surface area contributed by atoms with Crippen molar-refractivity contribution < 1.29 is 9.90 Å². The zero-order chi connectivity index (χ0) is 8.97. The van der Waals surface area contributed by atoms with Gasteiger partial charge in [-0.25, -0.2) is 0 Å². The molecule has 1 amide bonds. The van der Waals surface area contributed by atoms with Gasteiger partial charge in [-0.3, -0.25) is 4.79 Å². The molecule has 1 saturated heterocycles. The van der Waals surface area contributed by atoms with Crippen LogP contribution in [0.4, 0.5) is 0 Å². The van der Waals surface area contributed by atoms with Crippen molar-refractivity contribution >= 4 is 5.91 Å². The van der Waals surface area contributed by atoms with Gasteiger partial charge in [-0.2, -0.15) is 0 Å². The van der Waals surface area contributed by atoms with Gasteiger partial charge < -0.3 is 15.3 Å². The van der Waals surface area contributed by atoms with E-state index in [4.69, 9.17) is 5.11 Å². The average Bonchev–Trinajstić information content (AvgIpc) is 2.17. The van der Waals surface area contributed by atoms with E-state index in [2.05, 4.69) is 5.32 Å². The summed E-state index contributed by atoms with van der Waals surface area (Å²) < 4.78 is 0. The van der Waals surface area contributed by atoms with Crippen molar-refractivity contribution in [2.75, 3.05) is 32.8 Å². The zero-order valence-electron chi connectivity index (χ0n) is 7.42. The first-order valence-electron chi connectivity index (χ1n) is 4.36. The third kappa shape index (κ3) is 2.19. The monoisotopic (exact) mass is 172 g/mol. The average molecular weight is 172 g/mol. The Morgan fingerprint density at radius 2 is 2.17 bits per heavy atom. The minimum Gasteiger partial charge on any atom is -0.396 e. The molecule has 4 heteroatoms. The number of hydrogen-bond donors (Lipinski definition) is 2. The quantitative estimate of drug-likeness (QED) is 0.564. The third-order valence-corrected chi connectivity index (χ3v) is 2.12. The first-order chi connectivity index (χ1) is 5.75. The Morgan fingerprint density at radius 3 is 2.67 bits per heavy atom. The highest BCUT2D eigenvalue weighted by atomic mass is 16.3. The molecule has 1 atom stereocenters. The molecule has 1 aliphatic rings. The molecule has 0 bridgehead atoms. The van der Waals surface area contributed by atoms with Crippen molar-refractivity contribution in [2.45, 2.75) is 6.92 Å². The van der Waals surface area contributed by atoms with Gasteiger partial charge >= 0.3 is 0 Å². The number of aliphatic hydroxyl groups excluding tert-OH is 1. The van der Waals surface area contributed by atoms with Crippen LogP contribution in [0.25, 0.3) is 0 Å². The van der Waals surface area contributed by atoms with Crippen LogP contribution in [0.1, 0.15) is 6.92 Å². The largest absolute Gasteiger partial charge is 0.396 e. The minimum absolute atomic E-state index is 0.0528. The standard InChI is InChI=1S/C8H16N2O2/c1-7(6-11)8(12)10-4-2-9-3-5-10/h7,9,11H,2-6H2,1H3. The Morgan fingerprint density at radius 1 is 1.58 bits per heavy atom. The van der Waals surface area contributed by atoms with Crippen molar-refractivity contribution in [3.05, 3.63) is 0 Å². The molecule has 1 aliphatic heterocycles. The number of nitrogens with one attached hydrogen (secondary N) is 1. The van der Waals surface area contributed by atoms with Crippen LogP contribution < -0.4 is 5.32 Å². The normalized spacial score (nSPS) is 20.7. The molecule has 0 aromatic rings. The first-order valence-corrected chi connectivity index (χ1v) is 4.36. The topological polar surface area (TPSA) is 52.6 Å². The first kappa shape index (κ1) is 9.48. The number of carbonyl (C=O) groups is 1. The molecule has 0 radical (unpaired) electrons. The Balaban J connectivity index is 2.39. The maximum atomic E-state index is 11.5. The second kappa shape index (κ2) is 4.42. The summed E-state index contributed by atoms with van der Waals surface area (Å²) in [5.74, 6) is -0.179. The molecule has 1 unspecified atom stereocenters. The smallest absolute Gasteiger partial charge is 0.227 e. The molecule has 1 rings (SSSR count). The molecule has 0 spiro atoms. The number of hydrogen-bond acceptors (Lipinski definition) is 3. The van der Waals surface area contributed by atoms with E-state index in [0.717, 1.165) is 26.2 Å². The molecular formula is C8H16N2O2. The molecule has 0 saturated carbocycles. The number of rotatable bonds is 2. The molecule has 12 heavy (non-hydrogen) atoms. The van der Waals surface area contributed by atoms with Crippen LogP contribution in [0.5, 0.6) is 0 Å². The fourth-order valence-electron chi connectivity index (χ4n) is 1.27. The fourth-order valence-corrected chi connectivity index (χ4v) is 1.27.